The molecule has 22 heavy (non-hydrogen) atoms. The molecule has 0 saturated carbocycles. The summed E-state index contributed by atoms with van der Waals surface area (Å²) in [7, 11) is 0. The van der Waals surface area contributed by atoms with E-state index in [9.17, 15) is 0 Å². The zero-order valence-electron chi connectivity index (χ0n) is 11.8. The SMILES string of the molecule is Brc1ccccc1Nc1ccnc(NCc2ccccc2)n1. The van der Waals surface area contributed by atoms with Crippen molar-refractivity contribution in [2.75, 3.05) is 10.6 Å². The average molecular weight is 355 g/mol. The molecule has 0 aliphatic heterocycles. The molecule has 0 bridgehead atoms. The van der Waals surface area contributed by atoms with Crippen LogP contribution in [0.1, 0.15) is 5.56 Å². The van der Waals surface area contributed by atoms with E-state index in [1.54, 1.807) is 6.20 Å². The third kappa shape index (κ3) is 3.83. The van der Waals surface area contributed by atoms with Crippen LogP contribution in [-0.4, -0.2) is 9.97 Å². The maximum Gasteiger partial charge on any atom is 0.224 e. The number of nitrogens with zero attached hydrogens (tertiary/aromatic N) is 2. The number of para-hydroxylation sites is 1. The molecule has 0 fully saturated rings. The summed E-state index contributed by atoms with van der Waals surface area (Å²) >= 11 is 3.51. The first-order chi connectivity index (χ1) is 10.8. The van der Waals surface area contributed by atoms with Crippen LogP contribution in [0.4, 0.5) is 17.5 Å². The Balaban J connectivity index is 1.69. The summed E-state index contributed by atoms with van der Waals surface area (Å²) in [4.78, 5) is 8.71. The molecular weight excluding hydrogens is 340 g/mol. The molecule has 110 valence electrons. The molecule has 1 aromatic heterocycles. The van der Waals surface area contributed by atoms with Gasteiger partial charge < -0.3 is 10.6 Å². The Morgan fingerprint density at radius 1 is 0.909 bits per heavy atom. The van der Waals surface area contributed by atoms with Gasteiger partial charge in [-0.1, -0.05) is 42.5 Å². The zero-order valence-corrected chi connectivity index (χ0v) is 13.4. The molecule has 2 N–H and O–H groups in total. The molecule has 4 nitrogen and oxygen atoms in total. The summed E-state index contributed by atoms with van der Waals surface area (Å²) in [5.41, 5.74) is 2.16. The number of benzene rings is 2. The molecule has 0 atom stereocenters. The molecule has 1 heterocycles. The fourth-order valence-corrected chi connectivity index (χ4v) is 2.37. The zero-order chi connectivity index (χ0) is 15.2. The van der Waals surface area contributed by atoms with Gasteiger partial charge in [0.15, 0.2) is 0 Å². The Morgan fingerprint density at radius 2 is 1.68 bits per heavy atom. The maximum atomic E-state index is 4.47. The number of nitrogens with one attached hydrogen (secondary N) is 2. The average Bonchev–Trinajstić information content (AvgIpc) is 2.57. The third-order valence-corrected chi connectivity index (χ3v) is 3.78. The van der Waals surface area contributed by atoms with Gasteiger partial charge in [-0.25, -0.2) is 4.98 Å². The van der Waals surface area contributed by atoms with Crippen molar-refractivity contribution in [1.82, 2.24) is 9.97 Å². The van der Waals surface area contributed by atoms with Gasteiger partial charge in [0.1, 0.15) is 5.82 Å². The van der Waals surface area contributed by atoms with Crippen LogP contribution in [0.5, 0.6) is 0 Å². The molecule has 5 heteroatoms. The van der Waals surface area contributed by atoms with E-state index < -0.39 is 0 Å². The lowest BCUT2D eigenvalue weighted by atomic mass is 10.2. The lowest BCUT2D eigenvalue weighted by Gasteiger charge is -2.09. The molecule has 3 aromatic rings. The van der Waals surface area contributed by atoms with Crippen molar-refractivity contribution < 1.29 is 0 Å². The van der Waals surface area contributed by atoms with E-state index in [0.29, 0.717) is 12.5 Å². The fraction of sp³-hybridized carbons (Fsp3) is 0.0588. The van der Waals surface area contributed by atoms with Crippen LogP contribution in [0.3, 0.4) is 0 Å². The first-order valence-corrected chi connectivity index (χ1v) is 7.73. The molecule has 0 saturated heterocycles. The van der Waals surface area contributed by atoms with Gasteiger partial charge in [0.05, 0.1) is 5.69 Å². The standard InChI is InChI=1S/C17H15BrN4/c18-14-8-4-5-9-15(14)21-16-10-11-19-17(22-16)20-12-13-6-2-1-3-7-13/h1-11H,12H2,(H2,19,20,21,22). The van der Waals surface area contributed by atoms with Crippen LogP contribution >= 0.6 is 15.9 Å². The van der Waals surface area contributed by atoms with E-state index in [0.717, 1.165) is 16.0 Å². The highest BCUT2D eigenvalue weighted by molar-refractivity contribution is 9.10. The van der Waals surface area contributed by atoms with Crippen molar-refractivity contribution in [3.05, 3.63) is 76.9 Å². The smallest absolute Gasteiger partial charge is 0.224 e. The lowest BCUT2D eigenvalue weighted by Crippen LogP contribution is -2.04. The lowest BCUT2D eigenvalue weighted by molar-refractivity contribution is 1.06. The number of halogens is 1. The highest BCUT2D eigenvalue weighted by Gasteiger charge is 2.02. The summed E-state index contributed by atoms with van der Waals surface area (Å²) in [6.45, 7) is 0.694. The minimum absolute atomic E-state index is 0.598. The summed E-state index contributed by atoms with van der Waals surface area (Å²) in [6, 6.07) is 19.9. The summed E-state index contributed by atoms with van der Waals surface area (Å²) in [5, 5.41) is 6.50. The molecule has 0 amide bonds. The van der Waals surface area contributed by atoms with E-state index in [2.05, 4.69) is 48.7 Å². The Labute approximate surface area is 137 Å². The Morgan fingerprint density at radius 3 is 2.50 bits per heavy atom. The van der Waals surface area contributed by atoms with Gasteiger partial charge in [-0.3, -0.25) is 0 Å². The van der Waals surface area contributed by atoms with Gasteiger partial charge in [-0.2, -0.15) is 4.98 Å². The van der Waals surface area contributed by atoms with Crippen LogP contribution in [0.25, 0.3) is 0 Å². The fourth-order valence-electron chi connectivity index (χ4n) is 1.99. The van der Waals surface area contributed by atoms with E-state index >= 15 is 0 Å². The van der Waals surface area contributed by atoms with Gasteiger partial charge in [-0.15, -0.1) is 0 Å². The number of anilines is 3. The highest BCUT2D eigenvalue weighted by Crippen LogP contribution is 2.24. The van der Waals surface area contributed by atoms with Crippen molar-refractivity contribution in [2.45, 2.75) is 6.54 Å². The van der Waals surface area contributed by atoms with Crippen molar-refractivity contribution >= 4 is 33.4 Å². The molecule has 0 radical (unpaired) electrons. The topological polar surface area (TPSA) is 49.8 Å². The molecule has 0 spiro atoms. The summed E-state index contributed by atoms with van der Waals surface area (Å²) < 4.78 is 0.993. The third-order valence-electron chi connectivity index (χ3n) is 3.09. The molecule has 0 unspecified atom stereocenters. The van der Waals surface area contributed by atoms with Crippen LogP contribution in [0.2, 0.25) is 0 Å². The van der Waals surface area contributed by atoms with E-state index in [1.807, 2.05) is 48.5 Å². The highest BCUT2D eigenvalue weighted by atomic mass is 79.9. The Hall–Kier alpha value is -2.40. The van der Waals surface area contributed by atoms with Crippen molar-refractivity contribution in [3.8, 4) is 0 Å². The molecule has 2 aromatic carbocycles. The Bertz CT molecular complexity index is 746. The van der Waals surface area contributed by atoms with Crippen molar-refractivity contribution in [3.63, 3.8) is 0 Å². The Kier molecular flexibility index (Phi) is 4.65. The normalized spacial score (nSPS) is 10.2. The van der Waals surface area contributed by atoms with E-state index in [-0.39, 0.29) is 0 Å². The van der Waals surface area contributed by atoms with Gasteiger partial charge in [0, 0.05) is 17.2 Å². The second-order valence-electron chi connectivity index (χ2n) is 4.71. The monoisotopic (exact) mass is 354 g/mol. The molecule has 3 rings (SSSR count). The van der Waals surface area contributed by atoms with E-state index in [1.165, 1.54) is 5.56 Å². The van der Waals surface area contributed by atoms with Crippen molar-refractivity contribution in [2.24, 2.45) is 0 Å². The van der Waals surface area contributed by atoms with Crippen LogP contribution in [0.15, 0.2) is 71.3 Å². The summed E-state index contributed by atoms with van der Waals surface area (Å²) in [6.07, 6.45) is 1.74. The number of hydrogen-bond donors (Lipinski definition) is 2. The number of aromatic nitrogens is 2. The van der Waals surface area contributed by atoms with Crippen LogP contribution in [0, 0.1) is 0 Å². The first kappa shape index (κ1) is 14.5. The second-order valence-corrected chi connectivity index (χ2v) is 5.56. The largest absolute Gasteiger partial charge is 0.350 e. The van der Waals surface area contributed by atoms with Crippen LogP contribution in [-0.2, 0) is 6.54 Å². The molecule has 0 aliphatic carbocycles. The minimum Gasteiger partial charge on any atom is -0.350 e. The molecular formula is C17H15BrN4. The van der Waals surface area contributed by atoms with E-state index in [4.69, 9.17) is 0 Å². The molecule has 0 aliphatic rings. The summed E-state index contributed by atoms with van der Waals surface area (Å²) in [5.74, 6) is 1.35. The quantitative estimate of drug-likeness (QED) is 0.703. The predicted octanol–water partition coefficient (Wildman–Crippen LogP) is 4.59. The number of rotatable bonds is 5. The predicted molar refractivity (Wildman–Crippen MR) is 93.2 cm³/mol. The van der Waals surface area contributed by atoms with Gasteiger partial charge in [-0.05, 0) is 39.7 Å². The van der Waals surface area contributed by atoms with Gasteiger partial charge in [0.2, 0.25) is 5.95 Å². The second kappa shape index (κ2) is 7.04. The van der Waals surface area contributed by atoms with Gasteiger partial charge in [0.25, 0.3) is 0 Å². The first-order valence-electron chi connectivity index (χ1n) is 6.94. The van der Waals surface area contributed by atoms with Gasteiger partial charge >= 0.3 is 0 Å². The minimum atomic E-state index is 0.598. The number of hydrogen-bond acceptors (Lipinski definition) is 4. The van der Waals surface area contributed by atoms with Crippen LogP contribution < -0.4 is 10.6 Å². The maximum absolute atomic E-state index is 4.47. The van der Waals surface area contributed by atoms with Crippen molar-refractivity contribution in [1.29, 1.82) is 0 Å².